The Labute approximate surface area is 116 Å². The second-order valence-corrected chi connectivity index (χ2v) is 8.08. The van der Waals surface area contributed by atoms with Crippen molar-refractivity contribution in [2.75, 3.05) is 5.73 Å². The molecule has 1 aliphatic rings. The highest BCUT2D eigenvalue weighted by Crippen LogP contribution is 2.45. The van der Waals surface area contributed by atoms with E-state index >= 15 is 0 Å². The van der Waals surface area contributed by atoms with Crippen molar-refractivity contribution in [3.8, 4) is 0 Å². The number of halogens is 1. The van der Waals surface area contributed by atoms with Crippen LogP contribution in [-0.2, 0) is 10.0 Å². The fourth-order valence-electron chi connectivity index (χ4n) is 1.87. The van der Waals surface area contributed by atoms with Gasteiger partial charge in [-0.25, -0.2) is 13.1 Å². The normalized spacial score (nSPS) is 21.9. The van der Waals surface area contributed by atoms with Gasteiger partial charge < -0.3 is 5.73 Å². The Kier molecular flexibility index (Phi) is 3.24. The van der Waals surface area contributed by atoms with Gasteiger partial charge in [0, 0.05) is 16.2 Å². The predicted molar refractivity (Wildman–Crippen MR) is 75.8 cm³/mol. The standard InChI is InChI=1S/C12H17BrN2O2S/c1-7-9(14)4-8(13)5-10(7)18(16,17)15-11-6-12(11,2)3/h4-5,11,15H,6,14H2,1-3H3. The summed E-state index contributed by atoms with van der Waals surface area (Å²) < 4.78 is 28.0. The summed E-state index contributed by atoms with van der Waals surface area (Å²) in [5.41, 5.74) is 6.91. The third-order valence-electron chi connectivity index (χ3n) is 3.47. The molecular formula is C12H17BrN2O2S. The minimum absolute atomic E-state index is 0.0158. The van der Waals surface area contributed by atoms with Gasteiger partial charge in [0.15, 0.2) is 0 Å². The largest absolute Gasteiger partial charge is 0.398 e. The molecule has 1 fully saturated rings. The van der Waals surface area contributed by atoms with E-state index in [1.54, 1.807) is 19.1 Å². The number of anilines is 1. The average Bonchev–Trinajstić information content (AvgIpc) is 2.78. The highest BCUT2D eigenvalue weighted by molar-refractivity contribution is 9.10. The quantitative estimate of drug-likeness (QED) is 0.835. The Bertz CT molecular complexity index is 596. The van der Waals surface area contributed by atoms with E-state index in [0.717, 1.165) is 6.42 Å². The highest BCUT2D eigenvalue weighted by atomic mass is 79.9. The molecule has 1 aromatic carbocycles. The molecule has 1 saturated carbocycles. The molecule has 18 heavy (non-hydrogen) atoms. The molecule has 0 saturated heterocycles. The number of rotatable bonds is 3. The number of sulfonamides is 1. The van der Waals surface area contributed by atoms with Gasteiger partial charge in [0.25, 0.3) is 0 Å². The summed E-state index contributed by atoms with van der Waals surface area (Å²) in [6.07, 6.45) is 0.870. The summed E-state index contributed by atoms with van der Waals surface area (Å²) >= 11 is 3.27. The van der Waals surface area contributed by atoms with Crippen LogP contribution in [0.3, 0.4) is 0 Å². The summed E-state index contributed by atoms with van der Waals surface area (Å²) in [6.45, 7) is 5.80. The van der Waals surface area contributed by atoms with Gasteiger partial charge in [0.05, 0.1) is 4.90 Å². The summed E-state index contributed by atoms with van der Waals surface area (Å²) in [6, 6.07) is 3.31. The third-order valence-corrected chi connectivity index (χ3v) is 5.52. The maximum absolute atomic E-state index is 12.3. The van der Waals surface area contributed by atoms with Crippen molar-refractivity contribution in [3.05, 3.63) is 22.2 Å². The average molecular weight is 333 g/mol. The zero-order chi connectivity index (χ0) is 13.7. The van der Waals surface area contributed by atoms with Gasteiger partial charge in [-0.05, 0) is 36.5 Å². The molecule has 2 rings (SSSR count). The van der Waals surface area contributed by atoms with Crippen LogP contribution in [0.2, 0.25) is 0 Å². The van der Waals surface area contributed by atoms with Crippen LogP contribution in [0.4, 0.5) is 5.69 Å². The lowest BCUT2D eigenvalue weighted by Gasteiger charge is -2.12. The predicted octanol–water partition coefficient (Wildman–Crippen LogP) is 2.42. The van der Waals surface area contributed by atoms with E-state index in [4.69, 9.17) is 5.73 Å². The van der Waals surface area contributed by atoms with Crippen LogP contribution in [0.5, 0.6) is 0 Å². The summed E-state index contributed by atoms with van der Waals surface area (Å²) in [7, 11) is -3.50. The second-order valence-electron chi connectivity index (χ2n) is 5.48. The minimum atomic E-state index is -3.50. The zero-order valence-corrected chi connectivity index (χ0v) is 13.0. The van der Waals surface area contributed by atoms with Gasteiger partial charge >= 0.3 is 0 Å². The molecule has 0 aliphatic heterocycles. The molecule has 1 aliphatic carbocycles. The Morgan fingerprint density at radius 3 is 2.50 bits per heavy atom. The van der Waals surface area contributed by atoms with Crippen LogP contribution in [0.15, 0.2) is 21.5 Å². The Morgan fingerprint density at radius 2 is 2.00 bits per heavy atom. The number of hydrogen-bond donors (Lipinski definition) is 2. The molecule has 0 radical (unpaired) electrons. The first-order valence-electron chi connectivity index (χ1n) is 5.71. The lowest BCUT2D eigenvalue weighted by molar-refractivity contribution is 0.554. The first kappa shape index (κ1) is 13.8. The molecule has 0 spiro atoms. The molecule has 6 heteroatoms. The van der Waals surface area contributed by atoms with Crippen molar-refractivity contribution in [1.29, 1.82) is 0 Å². The highest BCUT2D eigenvalue weighted by Gasteiger charge is 2.48. The summed E-state index contributed by atoms with van der Waals surface area (Å²) in [4.78, 5) is 0.247. The Hall–Kier alpha value is -0.590. The Morgan fingerprint density at radius 1 is 1.44 bits per heavy atom. The zero-order valence-electron chi connectivity index (χ0n) is 10.6. The topological polar surface area (TPSA) is 72.2 Å². The molecule has 0 bridgehead atoms. The van der Waals surface area contributed by atoms with Crippen LogP contribution in [0.25, 0.3) is 0 Å². The molecular weight excluding hydrogens is 316 g/mol. The van der Waals surface area contributed by atoms with Crippen LogP contribution in [0, 0.1) is 12.3 Å². The maximum Gasteiger partial charge on any atom is 0.241 e. The lowest BCUT2D eigenvalue weighted by Crippen LogP contribution is -2.29. The number of nitrogens with two attached hydrogens (primary N) is 1. The second kappa shape index (κ2) is 4.21. The maximum atomic E-state index is 12.3. The van der Waals surface area contributed by atoms with Crippen LogP contribution in [0.1, 0.15) is 25.8 Å². The molecule has 0 aromatic heterocycles. The fourth-order valence-corrected chi connectivity index (χ4v) is 4.21. The molecule has 0 heterocycles. The molecule has 1 atom stereocenters. The molecule has 4 nitrogen and oxygen atoms in total. The molecule has 100 valence electrons. The van der Waals surface area contributed by atoms with Gasteiger partial charge in [0.2, 0.25) is 10.0 Å². The van der Waals surface area contributed by atoms with Gasteiger partial charge in [0.1, 0.15) is 0 Å². The van der Waals surface area contributed by atoms with Crippen molar-refractivity contribution in [3.63, 3.8) is 0 Å². The van der Waals surface area contributed by atoms with Crippen LogP contribution >= 0.6 is 15.9 Å². The van der Waals surface area contributed by atoms with Crippen LogP contribution in [-0.4, -0.2) is 14.5 Å². The molecule has 3 N–H and O–H groups in total. The van der Waals surface area contributed by atoms with Crippen molar-refractivity contribution >= 4 is 31.6 Å². The third kappa shape index (κ3) is 2.55. The Balaban J connectivity index is 2.36. The summed E-state index contributed by atoms with van der Waals surface area (Å²) in [5.74, 6) is 0. The van der Waals surface area contributed by atoms with E-state index in [2.05, 4.69) is 20.7 Å². The first-order valence-corrected chi connectivity index (χ1v) is 7.99. The monoisotopic (exact) mass is 332 g/mol. The summed E-state index contributed by atoms with van der Waals surface area (Å²) in [5, 5.41) is 0. The molecule has 1 unspecified atom stereocenters. The van der Waals surface area contributed by atoms with E-state index in [-0.39, 0.29) is 16.4 Å². The van der Waals surface area contributed by atoms with Gasteiger partial charge in [-0.2, -0.15) is 0 Å². The van der Waals surface area contributed by atoms with Crippen molar-refractivity contribution < 1.29 is 8.42 Å². The van der Waals surface area contributed by atoms with E-state index in [1.165, 1.54) is 0 Å². The number of hydrogen-bond acceptors (Lipinski definition) is 3. The number of benzene rings is 1. The van der Waals surface area contributed by atoms with E-state index < -0.39 is 10.0 Å². The van der Waals surface area contributed by atoms with Crippen molar-refractivity contribution in [2.45, 2.75) is 38.1 Å². The SMILES string of the molecule is Cc1c(N)cc(Br)cc1S(=O)(=O)NC1CC1(C)C. The van der Waals surface area contributed by atoms with E-state index in [0.29, 0.717) is 15.7 Å². The van der Waals surface area contributed by atoms with Crippen molar-refractivity contribution in [1.82, 2.24) is 4.72 Å². The van der Waals surface area contributed by atoms with Gasteiger partial charge in [-0.15, -0.1) is 0 Å². The van der Waals surface area contributed by atoms with Gasteiger partial charge in [-0.1, -0.05) is 29.8 Å². The molecule has 0 amide bonds. The van der Waals surface area contributed by atoms with E-state index in [1.807, 2.05) is 13.8 Å². The molecule has 1 aromatic rings. The lowest BCUT2D eigenvalue weighted by atomic mass is 10.2. The number of nitrogens with one attached hydrogen (secondary N) is 1. The smallest absolute Gasteiger partial charge is 0.241 e. The fraction of sp³-hybridized carbons (Fsp3) is 0.500. The van der Waals surface area contributed by atoms with E-state index in [9.17, 15) is 8.42 Å². The van der Waals surface area contributed by atoms with Gasteiger partial charge in [-0.3, -0.25) is 0 Å². The minimum Gasteiger partial charge on any atom is -0.398 e. The van der Waals surface area contributed by atoms with Crippen LogP contribution < -0.4 is 10.5 Å². The van der Waals surface area contributed by atoms with Crippen molar-refractivity contribution in [2.24, 2.45) is 5.41 Å². The first-order chi connectivity index (χ1) is 8.13. The number of nitrogen functional groups attached to an aromatic ring is 1.